The summed E-state index contributed by atoms with van der Waals surface area (Å²) in [7, 11) is 0. The summed E-state index contributed by atoms with van der Waals surface area (Å²) in [5.41, 5.74) is 1.49. The number of hydrogen-bond acceptors (Lipinski definition) is 4. The molecule has 2 heterocycles. The number of aromatic nitrogens is 1. The number of nitrogens with one attached hydrogen (secondary N) is 2. The van der Waals surface area contributed by atoms with Gasteiger partial charge in [-0.25, -0.2) is 4.98 Å². The molecule has 9 heteroatoms. The molecule has 1 saturated carbocycles. The lowest BCUT2D eigenvalue weighted by Crippen LogP contribution is -2.47. The molecule has 39 heavy (non-hydrogen) atoms. The van der Waals surface area contributed by atoms with Crippen molar-refractivity contribution >= 4 is 22.7 Å². The van der Waals surface area contributed by atoms with E-state index in [1.165, 1.54) is 12.5 Å². The Labute approximate surface area is 226 Å². The highest BCUT2D eigenvalue weighted by Gasteiger charge is 2.33. The predicted molar refractivity (Wildman–Crippen MR) is 144 cm³/mol. The van der Waals surface area contributed by atoms with Gasteiger partial charge >= 0.3 is 6.18 Å². The topological polar surface area (TPSA) is 74.3 Å². The molecular formula is C30H33F3N4O2. The molecule has 206 valence electrons. The minimum absolute atomic E-state index is 0.124. The molecule has 5 rings (SSSR count). The second kappa shape index (κ2) is 11.3. The Morgan fingerprint density at radius 2 is 1.87 bits per heavy atom. The number of carbonyl (C=O) groups is 2. The lowest BCUT2D eigenvalue weighted by Gasteiger charge is -2.30. The van der Waals surface area contributed by atoms with Gasteiger partial charge in [-0.05, 0) is 43.9 Å². The number of pyridine rings is 1. The molecule has 2 aliphatic rings. The summed E-state index contributed by atoms with van der Waals surface area (Å²) in [5.74, 6) is -0.217. The normalized spacial score (nSPS) is 18.1. The van der Waals surface area contributed by atoms with Gasteiger partial charge in [-0.15, -0.1) is 0 Å². The van der Waals surface area contributed by atoms with Crippen LogP contribution in [-0.4, -0.2) is 47.4 Å². The van der Waals surface area contributed by atoms with Crippen LogP contribution < -0.4 is 10.6 Å². The third-order valence-electron chi connectivity index (χ3n) is 7.90. The lowest BCUT2D eigenvalue weighted by molar-refractivity contribution is -0.137. The summed E-state index contributed by atoms with van der Waals surface area (Å²) >= 11 is 0. The van der Waals surface area contributed by atoms with Crippen LogP contribution in [0.5, 0.6) is 0 Å². The zero-order valence-electron chi connectivity index (χ0n) is 22.0. The van der Waals surface area contributed by atoms with Gasteiger partial charge in [-0.1, -0.05) is 49.6 Å². The van der Waals surface area contributed by atoms with Crippen molar-refractivity contribution in [2.24, 2.45) is 5.92 Å². The van der Waals surface area contributed by atoms with Crippen LogP contribution in [0.15, 0.2) is 48.5 Å². The number of benzene rings is 2. The van der Waals surface area contributed by atoms with E-state index in [-0.39, 0.29) is 36.0 Å². The molecule has 3 aromatic rings. The van der Waals surface area contributed by atoms with Gasteiger partial charge in [0.2, 0.25) is 5.91 Å². The van der Waals surface area contributed by atoms with E-state index in [0.29, 0.717) is 35.8 Å². The Morgan fingerprint density at radius 1 is 1.13 bits per heavy atom. The van der Waals surface area contributed by atoms with Crippen LogP contribution in [0.1, 0.15) is 60.5 Å². The van der Waals surface area contributed by atoms with Crippen LogP contribution in [0, 0.1) is 5.92 Å². The molecule has 0 unspecified atom stereocenters. The number of amides is 2. The first-order chi connectivity index (χ1) is 18.7. The zero-order valence-corrected chi connectivity index (χ0v) is 22.0. The van der Waals surface area contributed by atoms with Gasteiger partial charge < -0.3 is 10.6 Å². The van der Waals surface area contributed by atoms with Gasteiger partial charge in [0.15, 0.2) is 0 Å². The van der Waals surface area contributed by atoms with Crippen LogP contribution >= 0.6 is 0 Å². The maximum Gasteiger partial charge on any atom is 0.416 e. The highest BCUT2D eigenvalue weighted by Crippen LogP contribution is 2.36. The molecule has 2 N–H and O–H groups in total. The van der Waals surface area contributed by atoms with Crippen molar-refractivity contribution in [2.45, 2.75) is 57.8 Å². The SMILES string of the molecule is C[C@H](NC(=O)c1c(CN2CCNC(=O)C2)c(-c2ccccc2)nc2ccc(C(F)(F)F)cc12)C1CCCCC1. The first-order valence-corrected chi connectivity index (χ1v) is 13.6. The van der Waals surface area contributed by atoms with E-state index in [1.54, 1.807) is 0 Å². The number of alkyl halides is 3. The largest absolute Gasteiger partial charge is 0.416 e. The standard InChI is InChI=1S/C30H33F3N4O2/c1-19(20-8-4-2-5-9-20)35-29(39)27-23-16-22(30(31,32)33)12-13-25(23)36-28(21-10-6-3-7-11-21)24(27)17-37-15-14-34-26(38)18-37/h3,6-7,10-13,16,19-20H,2,4-5,8-9,14-15,17-18H2,1H3,(H,34,38)(H,35,39)/t19-/m0/s1. The minimum Gasteiger partial charge on any atom is -0.354 e. The minimum atomic E-state index is -4.57. The highest BCUT2D eigenvalue weighted by molar-refractivity contribution is 6.09. The van der Waals surface area contributed by atoms with Crippen LogP contribution in [-0.2, 0) is 17.5 Å². The molecule has 2 aromatic carbocycles. The molecule has 1 aromatic heterocycles. The van der Waals surface area contributed by atoms with Crippen LogP contribution in [0.25, 0.3) is 22.2 Å². The highest BCUT2D eigenvalue weighted by atomic mass is 19.4. The number of piperazine rings is 1. The molecule has 0 spiro atoms. The quantitative estimate of drug-likeness (QED) is 0.432. The summed E-state index contributed by atoms with van der Waals surface area (Å²) in [6, 6.07) is 12.6. The van der Waals surface area contributed by atoms with Crippen molar-refractivity contribution < 1.29 is 22.8 Å². The fourth-order valence-electron chi connectivity index (χ4n) is 5.81. The lowest BCUT2D eigenvalue weighted by atomic mass is 9.84. The first kappa shape index (κ1) is 27.1. The second-order valence-electron chi connectivity index (χ2n) is 10.6. The molecule has 2 fully saturated rings. The summed E-state index contributed by atoms with van der Waals surface area (Å²) in [6.45, 7) is 3.33. The Bertz CT molecular complexity index is 1350. The van der Waals surface area contributed by atoms with E-state index in [2.05, 4.69) is 10.6 Å². The van der Waals surface area contributed by atoms with Crippen molar-refractivity contribution in [3.05, 3.63) is 65.2 Å². The average molecular weight is 539 g/mol. The summed E-state index contributed by atoms with van der Waals surface area (Å²) in [6.07, 6.45) is 0.862. The van der Waals surface area contributed by atoms with E-state index in [1.807, 2.05) is 42.2 Å². The van der Waals surface area contributed by atoms with E-state index in [9.17, 15) is 22.8 Å². The molecule has 0 bridgehead atoms. The van der Waals surface area contributed by atoms with E-state index in [0.717, 1.165) is 43.4 Å². The van der Waals surface area contributed by atoms with E-state index >= 15 is 0 Å². The van der Waals surface area contributed by atoms with Gasteiger partial charge in [0.1, 0.15) is 0 Å². The molecule has 1 saturated heterocycles. The molecule has 6 nitrogen and oxygen atoms in total. The number of nitrogens with zero attached hydrogens (tertiary/aromatic N) is 2. The van der Waals surface area contributed by atoms with Gasteiger partial charge in [0, 0.05) is 42.2 Å². The van der Waals surface area contributed by atoms with Gasteiger partial charge in [0.25, 0.3) is 5.91 Å². The van der Waals surface area contributed by atoms with Crippen LogP contribution in [0.2, 0.25) is 0 Å². The molecule has 1 aliphatic heterocycles. The summed E-state index contributed by atoms with van der Waals surface area (Å²) < 4.78 is 41.4. The van der Waals surface area contributed by atoms with Crippen molar-refractivity contribution in [3.8, 4) is 11.3 Å². The molecule has 1 aliphatic carbocycles. The monoisotopic (exact) mass is 538 g/mol. The number of rotatable bonds is 6. The number of fused-ring (bicyclic) bond motifs is 1. The van der Waals surface area contributed by atoms with Gasteiger partial charge in [-0.3, -0.25) is 14.5 Å². The Kier molecular flexibility index (Phi) is 7.88. The fourth-order valence-corrected chi connectivity index (χ4v) is 5.81. The van der Waals surface area contributed by atoms with Crippen molar-refractivity contribution in [1.29, 1.82) is 0 Å². The average Bonchev–Trinajstić information content (AvgIpc) is 2.92. The molecule has 0 radical (unpaired) electrons. The van der Waals surface area contributed by atoms with Crippen LogP contribution in [0.3, 0.4) is 0 Å². The fraction of sp³-hybridized carbons (Fsp3) is 0.433. The van der Waals surface area contributed by atoms with E-state index in [4.69, 9.17) is 4.98 Å². The third kappa shape index (κ3) is 6.08. The van der Waals surface area contributed by atoms with Crippen LogP contribution in [0.4, 0.5) is 13.2 Å². The number of hydrogen-bond donors (Lipinski definition) is 2. The summed E-state index contributed by atoms with van der Waals surface area (Å²) in [4.78, 5) is 32.9. The smallest absolute Gasteiger partial charge is 0.354 e. The Morgan fingerprint density at radius 3 is 2.56 bits per heavy atom. The van der Waals surface area contributed by atoms with E-state index < -0.39 is 17.6 Å². The van der Waals surface area contributed by atoms with Gasteiger partial charge in [0.05, 0.1) is 28.9 Å². The first-order valence-electron chi connectivity index (χ1n) is 13.6. The Balaban J connectivity index is 1.68. The van der Waals surface area contributed by atoms with Gasteiger partial charge in [-0.2, -0.15) is 13.2 Å². The maximum atomic E-state index is 14.1. The molecular weight excluding hydrogens is 505 g/mol. The number of carbonyl (C=O) groups excluding carboxylic acids is 2. The van der Waals surface area contributed by atoms with Crippen molar-refractivity contribution in [1.82, 2.24) is 20.5 Å². The van der Waals surface area contributed by atoms with Crippen molar-refractivity contribution in [3.63, 3.8) is 0 Å². The number of halogens is 3. The third-order valence-corrected chi connectivity index (χ3v) is 7.90. The molecule has 2 amide bonds. The van der Waals surface area contributed by atoms with Crippen molar-refractivity contribution in [2.75, 3.05) is 19.6 Å². The Hall–Kier alpha value is -3.46. The predicted octanol–water partition coefficient (Wildman–Crippen LogP) is 5.55. The zero-order chi connectivity index (χ0) is 27.6. The maximum absolute atomic E-state index is 14.1. The molecule has 1 atom stereocenters. The summed E-state index contributed by atoms with van der Waals surface area (Å²) in [5, 5.41) is 6.09. The second-order valence-corrected chi connectivity index (χ2v) is 10.6.